The number of unbranched alkanes of at least 4 members (excludes halogenated alkanes) is 1. The minimum atomic E-state index is -0.478. The summed E-state index contributed by atoms with van der Waals surface area (Å²) in [6.45, 7) is 8.41. The first-order chi connectivity index (χ1) is 13.3. The highest BCUT2D eigenvalue weighted by Gasteiger charge is 2.20. The van der Waals surface area contributed by atoms with E-state index in [0.29, 0.717) is 34.3 Å². The quantitative estimate of drug-likeness (QED) is 0.425. The molecule has 0 amide bonds. The van der Waals surface area contributed by atoms with Crippen LogP contribution in [0.5, 0.6) is 5.75 Å². The lowest BCUT2D eigenvalue weighted by Gasteiger charge is -2.19. The summed E-state index contributed by atoms with van der Waals surface area (Å²) in [4.78, 5) is 25.3. The van der Waals surface area contributed by atoms with Crippen LogP contribution in [0.2, 0.25) is 0 Å². The molecule has 1 aromatic heterocycles. The van der Waals surface area contributed by atoms with Crippen LogP contribution in [0.3, 0.4) is 0 Å². The summed E-state index contributed by atoms with van der Waals surface area (Å²) in [6, 6.07) is 14.5. The first-order valence-electron chi connectivity index (χ1n) is 9.68. The van der Waals surface area contributed by atoms with Crippen LogP contribution < -0.4 is 10.4 Å². The Hall–Kier alpha value is -2.88. The number of carbonyl (C=O) groups is 1. The van der Waals surface area contributed by atoms with Crippen molar-refractivity contribution >= 4 is 16.9 Å². The second-order valence-corrected chi connectivity index (χ2v) is 8.01. The van der Waals surface area contributed by atoms with E-state index in [4.69, 9.17) is 9.15 Å². The van der Waals surface area contributed by atoms with E-state index in [1.807, 2.05) is 25.1 Å². The van der Waals surface area contributed by atoms with Crippen molar-refractivity contribution in [3.05, 3.63) is 75.6 Å². The van der Waals surface area contributed by atoms with Crippen molar-refractivity contribution in [3.63, 3.8) is 0 Å². The molecule has 3 rings (SSSR count). The third kappa shape index (κ3) is 4.16. The molecule has 0 radical (unpaired) electrons. The molecule has 28 heavy (non-hydrogen) atoms. The van der Waals surface area contributed by atoms with Gasteiger partial charge in [0.05, 0.1) is 16.5 Å². The van der Waals surface area contributed by atoms with Crippen molar-refractivity contribution in [3.8, 4) is 5.75 Å². The molecule has 0 atom stereocenters. The molecule has 0 bridgehead atoms. The monoisotopic (exact) mass is 378 g/mol. The van der Waals surface area contributed by atoms with Crippen LogP contribution in [0.4, 0.5) is 0 Å². The molecule has 0 saturated heterocycles. The predicted octanol–water partition coefficient (Wildman–Crippen LogP) is 5.65. The van der Waals surface area contributed by atoms with E-state index in [-0.39, 0.29) is 5.41 Å². The van der Waals surface area contributed by atoms with Crippen molar-refractivity contribution in [2.24, 2.45) is 0 Å². The number of esters is 1. The summed E-state index contributed by atoms with van der Waals surface area (Å²) < 4.78 is 11.2. The number of rotatable bonds is 5. The van der Waals surface area contributed by atoms with Crippen molar-refractivity contribution in [2.75, 3.05) is 0 Å². The summed E-state index contributed by atoms with van der Waals surface area (Å²) in [6.07, 6.45) is 2.25. The normalized spacial score (nSPS) is 11.6. The molecule has 0 saturated carbocycles. The molecule has 0 aliphatic rings. The molecule has 0 fully saturated rings. The molecule has 2 aromatic carbocycles. The lowest BCUT2D eigenvalue weighted by atomic mass is 9.87. The maximum Gasteiger partial charge on any atom is 0.343 e. The average Bonchev–Trinajstić information content (AvgIpc) is 2.67. The maximum absolute atomic E-state index is 12.8. The maximum atomic E-state index is 12.8. The Labute approximate surface area is 165 Å². The Balaban J connectivity index is 2.00. The van der Waals surface area contributed by atoms with Crippen LogP contribution >= 0.6 is 0 Å². The SMILES string of the molecule is CCCCc1c(OC(=O)c2ccc(C(C)(C)C)cc2)c2ccccc2oc1=O. The number of hydrogen-bond donors (Lipinski definition) is 0. The topological polar surface area (TPSA) is 56.5 Å². The lowest BCUT2D eigenvalue weighted by molar-refractivity contribution is 0.0734. The summed E-state index contributed by atoms with van der Waals surface area (Å²) >= 11 is 0. The summed E-state index contributed by atoms with van der Waals surface area (Å²) in [7, 11) is 0. The highest BCUT2D eigenvalue weighted by molar-refractivity contribution is 5.94. The van der Waals surface area contributed by atoms with Gasteiger partial charge in [-0.1, -0.05) is 58.4 Å². The fourth-order valence-electron chi connectivity index (χ4n) is 3.10. The number of carbonyl (C=O) groups excluding carboxylic acids is 1. The van der Waals surface area contributed by atoms with Crippen LogP contribution in [-0.2, 0) is 11.8 Å². The molecule has 3 aromatic rings. The lowest BCUT2D eigenvalue weighted by Crippen LogP contribution is -2.16. The molecule has 0 spiro atoms. The van der Waals surface area contributed by atoms with Gasteiger partial charge in [-0.25, -0.2) is 9.59 Å². The van der Waals surface area contributed by atoms with Gasteiger partial charge in [-0.15, -0.1) is 0 Å². The van der Waals surface area contributed by atoms with Gasteiger partial charge < -0.3 is 9.15 Å². The van der Waals surface area contributed by atoms with Gasteiger partial charge in [-0.3, -0.25) is 0 Å². The Kier molecular flexibility index (Phi) is 5.68. The van der Waals surface area contributed by atoms with Crippen molar-refractivity contribution in [1.29, 1.82) is 0 Å². The zero-order valence-corrected chi connectivity index (χ0v) is 16.9. The number of fused-ring (bicyclic) bond motifs is 1. The highest BCUT2D eigenvalue weighted by atomic mass is 16.5. The van der Waals surface area contributed by atoms with Crippen molar-refractivity contribution < 1.29 is 13.9 Å². The number of hydrogen-bond acceptors (Lipinski definition) is 4. The summed E-state index contributed by atoms with van der Waals surface area (Å²) in [5, 5.41) is 0.632. The number of ether oxygens (including phenoxy) is 1. The van der Waals surface area contributed by atoms with Gasteiger partial charge in [-0.05, 0) is 48.1 Å². The van der Waals surface area contributed by atoms with Gasteiger partial charge in [0.15, 0.2) is 5.75 Å². The van der Waals surface area contributed by atoms with Crippen LogP contribution in [0.1, 0.15) is 62.0 Å². The minimum Gasteiger partial charge on any atom is -0.422 e. The minimum absolute atomic E-state index is 0.00432. The van der Waals surface area contributed by atoms with Crippen LogP contribution in [0, 0.1) is 0 Å². The van der Waals surface area contributed by atoms with E-state index < -0.39 is 11.6 Å². The molecule has 1 heterocycles. The van der Waals surface area contributed by atoms with Crippen molar-refractivity contribution in [1.82, 2.24) is 0 Å². The Morgan fingerprint density at radius 2 is 1.71 bits per heavy atom. The molecule has 146 valence electrons. The molecule has 4 nitrogen and oxygen atoms in total. The largest absolute Gasteiger partial charge is 0.422 e. The van der Waals surface area contributed by atoms with E-state index in [2.05, 4.69) is 20.8 Å². The third-order valence-electron chi connectivity index (χ3n) is 4.82. The molecular formula is C24H26O4. The standard InChI is InChI=1S/C24H26O4/c1-5-6-9-19-21(18-10-7-8-11-20(18)27-23(19)26)28-22(25)16-12-14-17(15-13-16)24(2,3)4/h7-8,10-15H,5-6,9H2,1-4H3. The van der Waals surface area contributed by atoms with Gasteiger partial charge >= 0.3 is 11.6 Å². The first kappa shape index (κ1) is 19.9. The summed E-state index contributed by atoms with van der Waals surface area (Å²) in [5.74, 6) is -0.167. The highest BCUT2D eigenvalue weighted by Crippen LogP contribution is 2.30. The third-order valence-corrected chi connectivity index (χ3v) is 4.82. The van der Waals surface area contributed by atoms with Gasteiger partial charge in [0.1, 0.15) is 5.58 Å². The second-order valence-electron chi connectivity index (χ2n) is 8.01. The molecular weight excluding hydrogens is 352 g/mol. The van der Waals surface area contributed by atoms with E-state index in [0.717, 1.165) is 18.4 Å². The van der Waals surface area contributed by atoms with E-state index in [1.54, 1.807) is 30.3 Å². The molecule has 0 N–H and O–H groups in total. The van der Waals surface area contributed by atoms with Gasteiger partial charge in [0.2, 0.25) is 0 Å². The first-order valence-corrected chi connectivity index (χ1v) is 9.68. The Bertz CT molecular complexity index is 1040. The fraction of sp³-hybridized carbons (Fsp3) is 0.333. The smallest absolute Gasteiger partial charge is 0.343 e. The zero-order valence-electron chi connectivity index (χ0n) is 16.9. The molecule has 0 aliphatic heterocycles. The van der Waals surface area contributed by atoms with E-state index >= 15 is 0 Å². The van der Waals surface area contributed by atoms with Gasteiger partial charge in [0.25, 0.3) is 0 Å². The fourth-order valence-corrected chi connectivity index (χ4v) is 3.10. The second kappa shape index (κ2) is 8.01. The van der Waals surface area contributed by atoms with Crippen LogP contribution in [0.25, 0.3) is 11.0 Å². The van der Waals surface area contributed by atoms with Crippen LogP contribution in [0.15, 0.2) is 57.7 Å². The van der Waals surface area contributed by atoms with E-state index in [9.17, 15) is 9.59 Å². The average molecular weight is 378 g/mol. The zero-order chi connectivity index (χ0) is 20.3. The van der Waals surface area contributed by atoms with Gasteiger partial charge in [-0.2, -0.15) is 0 Å². The number of para-hydroxylation sites is 1. The summed E-state index contributed by atoms with van der Waals surface area (Å²) in [5.41, 5.74) is 1.98. The van der Waals surface area contributed by atoms with Crippen LogP contribution in [-0.4, -0.2) is 5.97 Å². The van der Waals surface area contributed by atoms with Gasteiger partial charge in [0, 0.05) is 0 Å². The Morgan fingerprint density at radius 3 is 2.36 bits per heavy atom. The molecule has 0 unspecified atom stereocenters. The predicted molar refractivity (Wildman–Crippen MR) is 111 cm³/mol. The molecule has 4 heteroatoms. The van der Waals surface area contributed by atoms with E-state index in [1.165, 1.54) is 0 Å². The molecule has 0 aliphatic carbocycles. The number of benzene rings is 2. The Morgan fingerprint density at radius 1 is 1.04 bits per heavy atom. The van der Waals surface area contributed by atoms with Crippen molar-refractivity contribution in [2.45, 2.75) is 52.4 Å².